The Bertz CT molecular complexity index is 891. The van der Waals surface area contributed by atoms with Crippen LogP contribution in [0.25, 0.3) is 0 Å². The topological polar surface area (TPSA) is 69.0 Å². The highest BCUT2D eigenvalue weighted by Crippen LogP contribution is 2.26. The fourth-order valence-electron chi connectivity index (χ4n) is 2.49. The maximum absolute atomic E-state index is 5.78. The molecule has 1 aliphatic heterocycles. The first-order valence-corrected chi connectivity index (χ1v) is 8.23. The van der Waals surface area contributed by atoms with Crippen molar-refractivity contribution in [2.45, 2.75) is 0 Å². The smallest absolute Gasteiger partial charge is 0.194 e. The van der Waals surface area contributed by atoms with Crippen LogP contribution in [0, 0.1) is 0 Å². The molecule has 1 aromatic carbocycles. The number of nitrogens with zero attached hydrogens (tertiary/aromatic N) is 4. The summed E-state index contributed by atoms with van der Waals surface area (Å²) >= 11 is 0. The Kier molecular flexibility index (Phi) is 4.64. The largest absolute Gasteiger partial charge is 0.486 e. The lowest BCUT2D eigenvalue weighted by molar-refractivity contribution is 0.217. The molecule has 26 heavy (non-hydrogen) atoms. The normalized spacial score (nSPS) is 13.4. The van der Waals surface area contributed by atoms with Crippen molar-refractivity contribution in [3.63, 3.8) is 0 Å². The molecule has 0 spiro atoms. The molecule has 6 nitrogen and oxygen atoms in total. The molecule has 0 saturated carbocycles. The van der Waals surface area contributed by atoms with E-state index in [1.165, 1.54) is 0 Å². The molecule has 0 atom stereocenters. The van der Waals surface area contributed by atoms with E-state index in [2.05, 4.69) is 20.0 Å². The number of aromatic nitrogens is 2. The molecule has 0 N–H and O–H groups in total. The Morgan fingerprint density at radius 3 is 1.62 bits per heavy atom. The van der Waals surface area contributed by atoms with Crippen molar-refractivity contribution in [2.75, 3.05) is 13.2 Å². The molecule has 0 fully saturated rings. The van der Waals surface area contributed by atoms with Crippen LogP contribution in [0.4, 0.5) is 11.6 Å². The van der Waals surface area contributed by atoms with Gasteiger partial charge in [-0.3, -0.25) is 0 Å². The summed E-state index contributed by atoms with van der Waals surface area (Å²) in [6.45, 7) is 0.728. The van der Waals surface area contributed by atoms with Gasteiger partial charge in [-0.2, -0.15) is 0 Å². The van der Waals surface area contributed by atoms with Crippen LogP contribution in [-0.2, 0) is 0 Å². The fourth-order valence-corrected chi connectivity index (χ4v) is 2.49. The van der Waals surface area contributed by atoms with E-state index in [1.807, 2.05) is 48.5 Å². The van der Waals surface area contributed by atoms with E-state index in [0.717, 1.165) is 11.1 Å². The molecule has 2 aromatic heterocycles. The second-order valence-electron chi connectivity index (χ2n) is 5.49. The van der Waals surface area contributed by atoms with Gasteiger partial charge in [0.25, 0.3) is 0 Å². The van der Waals surface area contributed by atoms with Gasteiger partial charge in [0.1, 0.15) is 13.2 Å². The average molecular weight is 344 g/mol. The van der Waals surface area contributed by atoms with Gasteiger partial charge in [-0.05, 0) is 24.3 Å². The lowest BCUT2D eigenvalue weighted by Gasteiger charge is -2.11. The van der Waals surface area contributed by atoms with Gasteiger partial charge in [-0.1, -0.05) is 24.3 Å². The zero-order valence-electron chi connectivity index (χ0n) is 13.9. The van der Waals surface area contributed by atoms with Crippen molar-refractivity contribution in [1.82, 2.24) is 9.97 Å². The summed E-state index contributed by atoms with van der Waals surface area (Å²) in [5, 5.41) is 0. The van der Waals surface area contributed by atoms with Crippen LogP contribution in [0.5, 0.6) is 11.5 Å². The quantitative estimate of drug-likeness (QED) is 0.623. The molecule has 1 aliphatic rings. The zero-order valence-corrected chi connectivity index (χ0v) is 13.9. The van der Waals surface area contributed by atoms with E-state index in [1.54, 1.807) is 24.8 Å². The van der Waals surface area contributed by atoms with Crippen LogP contribution in [0.2, 0.25) is 0 Å². The lowest BCUT2D eigenvalue weighted by atomic mass is 10.1. The Morgan fingerprint density at radius 2 is 1.12 bits per heavy atom. The third-order valence-electron chi connectivity index (χ3n) is 3.75. The predicted octanol–water partition coefficient (Wildman–Crippen LogP) is 3.75. The zero-order chi connectivity index (χ0) is 17.6. The van der Waals surface area contributed by atoms with Crippen molar-refractivity contribution in [3.8, 4) is 11.5 Å². The summed E-state index contributed by atoms with van der Waals surface area (Å²) in [4.78, 5) is 17.5. The third-order valence-corrected chi connectivity index (χ3v) is 3.75. The van der Waals surface area contributed by atoms with Crippen molar-refractivity contribution >= 4 is 24.1 Å². The third kappa shape index (κ3) is 3.59. The first kappa shape index (κ1) is 16.0. The van der Waals surface area contributed by atoms with Crippen molar-refractivity contribution in [3.05, 3.63) is 72.1 Å². The van der Waals surface area contributed by atoms with Gasteiger partial charge >= 0.3 is 0 Å². The van der Waals surface area contributed by atoms with Crippen molar-refractivity contribution in [1.29, 1.82) is 0 Å². The first-order valence-electron chi connectivity index (χ1n) is 8.23. The first-order chi connectivity index (χ1) is 12.9. The molecule has 0 aliphatic carbocycles. The number of hydrogen-bond donors (Lipinski definition) is 0. The molecule has 128 valence electrons. The molecule has 3 aromatic rings. The monoisotopic (exact) mass is 344 g/mol. The van der Waals surface area contributed by atoms with Crippen molar-refractivity contribution in [2.24, 2.45) is 9.98 Å². The number of ether oxygens (including phenoxy) is 2. The highest BCUT2D eigenvalue weighted by atomic mass is 16.5. The van der Waals surface area contributed by atoms with E-state index < -0.39 is 0 Å². The van der Waals surface area contributed by atoms with Gasteiger partial charge in [-0.15, -0.1) is 0 Å². The van der Waals surface area contributed by atoms with Crippen LogP contribution in [-0.4, -0.2) is 35.6 Å². The Morgan fingerprint density at radius 1 is 0.615 bits per heavy atom. The molecule has 0 amide bonds. The fraction of sp³-hybridized carbons (Fsp3) is 0.100. The molecule has 0 saturated heterocycles. The molecular weight excluding hydrogens is 328 g/mol. The van der Waals surface area contributed by atoms with Gasteiger partial charge in [0.15, 0.2) is 23.1 Å². The summed E-state index contributed by atoms with van der Waals surface area (Å²) in [5.41, 5.74) is 1.84. The standard InChI is InChI=1S/C20H16N4O2/c1-2-6-16-14-24-20-18(8-4-10-22-20)26-12-11-25-17-7-3-9-21-19(17)23-13-15(16)5-1/h1-10,13-14H,11-12H2. The summed E-state index contributed by atoms with van der Waals surface area (Å²) in [6.07, 6.45) is 6.90. The number of benzene rings is 1. The highest BCUT2D eigenvalue weighted by molar-refractivity contribution is 5.95. The molecule has 6 heteroatoms. The SMILES string of the molecule is C1=Nc2ncccc2OCCOc2cccnc2N=Cc2ccccc21. The minimum Gasteiger partial charge on any atom is -0.486 e. The Hall–Kier alpha value is -3.54. The summed E-state index contributed by atoms with van der Waals surface area (Å²) in [7, 11) is 0. The molecular formula is C20H16N4O2. The minimum atomic E-state index is 0.364. The molecule has 0 radical (unpaired) electrons. The van der Waals surface area contributed by atoms with Crippen molar-refractivity contribution < 1.29 is 9.47 Å². The minimum absolute atomic E-state index is 0.364. The maximum Gasteiger partial charge on any atom is 0.194 e. The highest BCUT2D eigenvalue weighted by Gasteiger charge is 2.07. The van der Waals surface area contributed by atoms with Gasteiger partial charge in [0.05, 0.1) is 0 Å². The molecule has 0 unspecified atom stereocenters. The average Bonchev–Trinajstić information content (AvgIpc) is 2.69. The van der Waals surface area contributed by atoms with Crippen LogP contribution in [0.15, 0.2) is 70.9 Å². The number of hydrogen-bond acceptors (Lipinski definition) is 6. The summed E-state index contributed by atoms with van der Waals surface area (Å²) in [5.74, 6) is 2.28. The molecule has 0 bridgehead atoms. The maximum atomic E-state index is 5.78. The van der Waals surface area contributed by atoms with E-state index in [0.29, 0.717) is 36.3 Å². The summed E-state index contributed by atoms with van der Waals surface area (Å²) < 4.78 is 11.6. The Labute approximate surface area is 150 Å². The second kappa shape index (κ2) is 7.57. The second-order valence-corrected chi connectivity index (χ2v) is 5.49. The Balaban J connectivity index is 1.78. The van der Waals surface area contributed by atoms with Gasteiger partial charge in [0, 0.05) is 35.9 Å². The van der Waals surface area contributed by atoms with Gasteiger partial charge in [-0.25, -0.2) is 20.0 Å². The lowest BCUT2D eigenvalue weighted by Crippen LogP contribution is -2.09. The van der Waals surface area contributed by atoms with E-state index in [4.69, 9.17) is 9.47 Å². The van der Waals surface area contributed by atoms with Gasteiger partial charge < -0.3 is 9.47 Å². The molecule has 3 heterocycles. The number of aliphatic imine (C=N–C) groups is 2. The van der Waals surface area contributed by atoms with E-state index in [9.17, 15) is 0 Å². The summed E-state index contributed by atoms with van der Waals surface area (Å²) in [6, 6.07) is 15.2. The number of rotatable bonds is 0. The number of pyridine rings is 2. The van der Waals surface area contributed by atoms with Crippen LogP contribution < -0.4 is 9.47 Å². The number of fused-ring (bicyclic) bond motifs is 3. The van der Waals surface area contributed by atoms with Crippen LogP contribution in [0.3, 0.4) is 0 Å². The van der Waals surface area contributed by atoms with E-state index >= 15 is 0 Å². The van der Waals surface area contributed by atoms with E-state index in [-0.39, 0.29) is 0 Å². The predicted molar refractivity (Wildman–Crippen MR) is 100 cm³/mol. The van der Waals surface area contributed by atoms with Crippen LogP contribution >= 0.6 is 0 Å². The van der Waals surface area contributed by atoms with Crippen LogP contribution in [0.1, 0.15) is 11.1 Å². The van der Waals surface area contributed by atoms with Gasteiger partial charge in [0.2, 0.25) is 0 Å². The molecule has 4 rings (SSSR count).